The van der Waals surface area contributed by atoms with Crippen molar-refractivity contribution < 1.29 is 0 Å². The van der Waals surface area contributed by atoms with Gasteiger partial charge in [0.15, 0.2) is 3.95 Å². The Morgan fingerprint density at radius 1 is 1.46 bits per heavy atom. The molecular formula is C6H5N3OS3. The number of nitrogens with one attached hydrogen (secondary N) is 2. The number of hydrogen-bond donors (Lipinski definition) is 2. The first-order chi connectivity index (χ1) is 6.09. The van der Waals surface area contributed by atoms with Crippen molar-refractivity contribution in [3.63, 3.8) is 0 Å². The quantitative estimate of drug-likeness (QED) is 0.679. The molecule has 0 aliphatic rings. The predicted octanol–water partition coefficient (Wildman–Crippen LogP) is 1.72. The van der Waals surface area contributed by atoms with E-state index in [4.69, 9.17) is 24.4 Å². The predicted molar refractivity (Wildman–Crippen MR) is 57.4 cm³/mol. The highest BCUT2D eigenvalue weighted by molar-refractivity contribution is 7.76. The Kier molecular flexibility index (Phi) is 1.94. The number of nitrogens with zero attached hydrogens (tertiary/aromatic N) is 1. The average Bonchev–Trinajstić information content (AvgIpc) is 2.27. The second-order valence-electron chi connectivity index (χ2n) is 2.53. The standard InChI is InChI=1S/C6H5N3OS3/c1-9-4(10)2-3(8-9)7-6(12)13-5(2)11/h8H,1H3,(H,7,12). The van der Waals surface area contributed by atoms with Gasteiger partial charge in [-0.2, -0.15) is 0 Å². The molecule has 13 heavy (non-hydrogen) atoms. The van der Waals surface area contributed by atoms with Gasteiger partial charge in [0, 0.05) is 7.05 Å². The molecular weight excluding hydrogens is 226 g/mol. The third-order valence-electron chi connectivity index (χ3n) is 1.66. The summed E-state index contributed by atoms with van der Waals surface area (Å²) >= 11 is 11.2. The minimum Gasteiger partial charge on any atom is -0.323 e. The van der Waals surface area contributed by atoms with E-state index in [1.54, 1.807) is 7.05 Å². The van der Waals surface area contributed by atoms with Gasteiger partial charge in [-0.15, -0.1) is 0 Å². The Labute approximate surface area is 86.8 Å². The van der Waals surface area contributed by atoms with Crippen LogP contribution in [0.3, 0.4) is 0 Å². The van der Waals surface area contributed by atoms with Gasteiger partial charge < -0.3 is 4.98 Å². The number of aromatic nitrogens is 3. The maximum absolute atomic E-state index is 11.5. The average molecular weight is 231 g/mol. The van der Waals surface area contributed by atoms with Gasteiger partial charge in [0.2, 0.25) is 0 Å². The topological polar surface area (TPSA) is 53.6 Å². The first kappa shape index (κ1) is 8.79. The summed E-state index contributed by atoms with van der Waals surface area (Å²) in [5.41, 5.74) is 0.476. The molecule has 0 saturated carbocycles. The molecule has 7 heteroatoms. The zero-order chi connectivity index (χ0) is 9.59. The molecule has 68 valence electrons. The summed E-state index contributed by atoms with van der Waals surface area (Å²) in [4.78, 5) is 14.4. The third kappa shape index (κ3) is 1.28. The van der Waals surface area contributed by atoms with Gasteiger partial charge in [0.25, 0.3) is 5.56 Å². The Morgan fingerprint density at radius 3 is 2.85 bits per heavy atom. The largest absolute Gasteiger partial charge is 0.323 e. The number of fused-ring (bicyclic) bond motifs is 1. The van der Waals surface area contributed by atoms with Crippen LogP contribution in [0.15, 0.2) is 4.79 Å². The number of aryl methyl sites for hydroxylation is 1. The monoisotopic (exact) mass is 231 g/mol. The maximum Gasteiger partial charge on any atom is 0.278 e. The number of hydrogen-bond acceptors (Lipinski definition) is 4. The SMILES string of the molecule is Cn1[nH]c2[nH]c(=S)sc(=S)c2c1=O. The van der Waals surface area contributed by atoms with E-state index in [2.05, 4.69) is 10.1 Å². The van der Waals surface area contributed by atoms with Gasteiger partial charge in [0.05, 0.1) is 0 Å². The van der Waals surface area contributed by atoms with E-state index >= 15 is 0 Å². The van der Waals surface area contributed by atoms with Crippen LogP contribution in [0, 0.1) is 7.78 Å². The zero-order valence-electron chi connectivity index (χ0n) is 6.58. The molecule has 0 aliphatic heterocycles. The Bertz CT molecular complexity index is 629. The molecule has 0 unspecified atom stereocenters. The van der Waals surface area contributed by atoms with Crippen molar-refractivity contribution in [2.75, 3.05) is 0 Å². The van der Waals surface area contributed by atoms with Crippen LogP contribution in [-0.4, -0.2) is 14.8 Å². The van der Waals surface area contributed by atoms with E-state index in [0.717, 1.165) is 0 Å². The van der Waals surface area contributed by atoms with Crippen LogP contribution in [-0.2, 0) is 7.05 Å². The first-order valence-electron chi connectivity index (χ1n) is 3.42. The van der Waals surface area contributed by atoms with Crippen molar-refractivity contribution in [3.8, 4) is 0 Å². The van der Waals surface area contributed by atoms with Crippen molar-refractivity contribution >= 4 is 46.8 Å². The van der Waals surface area contributed by atoms with E-state index in [-0.39, 0.29) is 5.56 Å². The molecule has 4 nitrogen and oxygen atoms in total. The zero-order valence-corrected chi connectivity index (χ0v) is 9.03. The highest BCUT2D eigenvalue weighted by atomic mass is 32.2. The molecule has 0 bridgehead atoms. The molecule has 0 fully saturated rings. The molecule has 2 N–H and O–H groups in total. The molecule has 0 amide bonds. The normalized spacial score (nSPS) is 10.8. The first-order valence-corrected chi connectivity index (χ1v) is 5.05. The van der Waals surface area contributed by atoms with E-state index in [1.165, 1.54) is 16.0 Å². The number of H-pyrrole nitrogens is 2. The van der Waals surface area contributed by atoms with E-state index in [9.17, 15) is 4.79 Å². The van der Waals surface area contributed by atoms with Gasteiger partial charge in [0.1, 0.15) is 14.9 Å². The van der Waals surface area contributed by atoms with E-state index < -0.39 is 0 Å². The lowest BCUT2D eigenvalue weighted by molar-refractivity contribution is 0.748. The maximum atomic E-state index is 11.5. The van der Waals surface area contributed by atoms with Crippen molar-refractivity contribution in [1.29, 1.82) is 0 Å². The lowest BCUT2D eigenvalue weighted by atomic mass is 10.5. The third-order valence-corrected chi connectivity index (χ3v) is 3.15. The number of rotatable bonds is 0. The van der Waals surface area contributed by atoms with E-state index in [0.29, 0.717) is 18.8 Å². The highest BCUT2D eigenvalue weighted by Gasteiger charge is 2.05. The summed E-state index contributed by atoms with van der Waals surface area (Å²) < 4.78 is 2.47. The summed E-state index contributed by atoms with van der Waals surface area (Å²) in [5, 5.41) is 3.34. The molecule has 0 radical (unpaired) electrons. The van der Waals surface area contributed by atoms with Crippen molar-refractivity contribution in [3.05, 3.63) is 18.1 Å². The molecule has 0 saturated heterocycles. The van der Waals surface area contributed by atoms with Crippen molar-refractivity contribution in [2.24, 2.45) is 7.05 Å². The van der Waals surface area contributed by atoms with Crippen molar-refractivity contribution in [1.82, 2.24) is 14.8 Å². The second-order valence-corrected chi connectivity index (χ2v) is 4.88. The summed E-state index contributed by atoms with van der Waals surface area (Å²) in [6.07, 6.45) is 0. The van der Waals surface area contributed by atoms with Crippen LogP contribution in [0.2, 0.25) is 0 Å². The summed E-state index contributed by atoms with van der Waals surface area (Å²) in [5.74, 6) is 0. The fourth-order valence-electron chi connectivity index (χ4n) is 1.09. The fraction of sp³-hybridized carbons (Fsp3) is 0.167. The molecule has 0 atom stereocenters. The molecule has 0 aliphatic carbocycles. The lowest BCUT2D eigenvalue weighted by Gasteiger charge is -1.86. The van der Waals surface area contributed by atoms with Crippen molar-refractivity contribution in [2.45, 2.75) is 0 Å². The summed E-state index contributed by atoms with van der Waals surface area (Å²) in [6, 6.07) is 0. The van der Waals surface area contributed by atoms with Crippen LogP contribution in [0.25, 0.3) is 11.0 Å². The van der Waals surface area contributed by atoms with Crippen LogP contribution in [0.4, 0.5) is 0 Å². The smallest absolute Gasteiger partial charge is 0.278 e. The van der Waals surface area contributed by atoms with Crippen LogP contribution < -0.4 is 5.56 Å². The van der Waals surface area contributed by atoms with Gasteiger partial charge in [-0.3, -0.25) is 14.6 Å². The molecule has 2 aromatic heterocycles. The van der Waals surface area contributed by atoms with Crippen LogP contribution in [0.1, 0.15) is 0 Å². The Morgan fingerprint density at radius 2 is 2.15 bits per heavy atom. The molecule has 0 spiro atoms. The van der Waals surface area contributed by atoms with Crippen LogP contribution >= 0.6 is 35.8 Å². The second kappa shape index (κ2) is 2.86. The fourth-order valence-corrected chi connectivity index (χ4v) is 2.65. The van der Waals surface area contributed by atoms with Gasteiger partial charge in [-0.1, -0.05) is 23.6 Å². The Hall–Kier alpha value is -0.790. The minimum atomic E-state index is -0.123. The lowest BCUT2D eigenvalue weighted by Crippen LogP contribution is -2.11. The van der Waals surface area contributed by atoms with E-state index in [1.807, 2.05) is 0 Å². The molecule has 2 rings (SSSR count). The minimum absolute atomic E-state index is 0.123. The van der Waals surface area contributed by atoms with Gasteiger partial charge >= 0.3 is 0 Å². The Balaban J connectivity index is 3.22. The van der Waals surface area contributed by atoms with Gasteiger partial charge in [-0.05, 0) is 12.2 Å². The molecule has 0 aromatic carbocycles. The molecule has 2 heterocycles. The summed E-state index contributed by atoms with van der Waals surface area (Å²) in [7, 11) is 1.64. The van der Waals surface area contributed by atoms with Gasteiger partial charge in [-0.25, -0.2) is 0 Å². The highest BCUT2D eigenvalue weighted by Crippen LogP contribution is 2.11. The molecule has 2 aromatic rings. The summed E-state index contributed by atoms with van der Waals surface area (Å²) in [6.45, 7) is 0. The number of aromatic amines is 2. The van der Waals surface area contributed by atoms with Crippen LogP contribution in [0.5, 0.6) is 0 Å².